The van der Waals surface area contributed by atoms with Crippen molar-refractivity contribution in [3.63, 3.8) is 0 Å². The molecule has 2 aliphatic heterocycles. The molecule has 72 valence electrons. The summed E-state index contributed by atoms with van der Waals surface area (Å²) in [4.78, 5) is 2.18. The second kappa shape index (κ2) is 3.51. The molecule has 2 heterocycles. The molecule has 0 spiro atoms. The molecule has 2 rings (SSSR count). The van der Waals surface area contributed by atoms with Crippen LogP contribution in [0, 0.1) is 5.92 Å². The zero-order valence-electron chi connectivity index (χ0n) is 7.63. The molecule has 0 aromatic heterocycles. The van der Waals surface area contributed by atoms with E-state index < -0.39 is 0 Å². The molecule has 1 atom stereocenters. The van der Waals surface area contributed by atoms with Crippen LogP contribution in [0.3, 0.4) is 0 Å². The Balaban J connectivity index is 2.03. The van der Waals surface area contributed by atoms with Crippen LogP contribution in [-0.4, -0.2) is 36.7 Å². The van der Waals surface area contributed by atoms with Crippen molar-refractivity contribution in [1.82, 2.24) is 21.1 Å². The van der Waals surface area contributed by atoms with E-state index in [1.54, 1.807) is 0 Å². The van der Waals surface area contributed by atoms with E-state index in [4.69, 9.17) is 12.2 Å². The lowest BCUT2D eigenvalue weighted by atomic mass is 10.0. The fourth-order valence-corrected chi connectivity index (χ4v) is 1.89. The Kier molecular flexibility index (Phi) is 2.37. The fourth-order valence-electron chi connectivity index (χ4n) is 1.74. The van der Waals surface area contributed by atoms with E-state index in [0.29, 0.717) is 5.92 Å². The SMILES string of the molecule is CNC(=S)N1CC=C2NNCC2C1. The van der Waals surface area contributed by atoms with Crippen LogP contribution in [0.25, 0.3) is 0 Å². The van der Waals surface area contributed by atoms with Crippen LogP contribution in [-0.2, 0) is 0 Å². The van der Waals surface area contributed by atoms with Crippen LogP contribution >= 0.6 is 12.2 Å². The summed E-state index contributed by atoms with van der Waals surface area (Å²) < 4.78 is 0. The fraction of sp³-hybridized carbons (Fsp3) is 0.625. The lowest BCUT2D eigenvalue weighted by molar-refractivity contribution is 0.380. The van der Waals surface area contributed by atoms with Gasteiger partial charge in [-0.15, -0.1) is 0 Å². The van der Waals surface area contributed by atoms with Gasteiger partial charge >= 0.3 is 0 Å². The van der Waals surface area contributed by atoms with Gasteiger partial charge in [0.15, 0.2) is 5.11 Å². The molecule has 1 unspecified atom stereocenters. The summed E-state index contributed by atoms with van der Waals surface area (Å²) in [7, 11) is 1.87. The van der Waals surface area contributed by atoms with Crippen LogP contribution in [0.1, 0.15) is 0 Å². The zero-order valence-corrected chi connectivity index (χ0v) is 8.45. The van der Waals surface area contributed by atoms with E-state index in [-0.39, 0.29) is 0 Å². The molecule has 0 amide bonds. The summed E-state index contributed by atoms with van der Waals surface area (Å²) in [5.41, 5.74) is 7.60. The lowest BCUT2D eigenvalue weighted by Gasteiger charge is -2.30. The average molecular weight is 198 g/mol. The summed E-state index contributed by atoms with van der Waals surface area (Å²) in [6.45, 7) is 2.90. The van der Waals surface area contributed by atoms with Gasteiger partial charge in [0.05, 0.1) is 0 Å². The molecule has 1 saturated heterocycles. The number of nitrogens with one attached hydrogen (secondary N) is 3. The molecule has 0 aromatic carbocycles. The van der Waals surface area contributed by atoms with Crippen LogP contribution in [0.2, 0.25) is 0 Å². The topological polar surface area (TPSA) is 39.3 Å². The molecular weight excluding hydrogens is 184 g/mol. The number of hydrogen-bond donors (Lipinski definition) is 3. The molecule has 2 aliphatic rings. The monoisotopic (exact) mass is 198 g/mol. The van der Waals surface area contributed by atoms with Crippen molar-refractivity contribution in [2.75, 3.05) is 26.7 Å². The van der Waals surface area contributed by atoms with Crippen molar-refractivity contribution >= 4 is 17.3 Å². The predicted molar refractivity (Wildman–Crippen MR) is 55.9 cm³/mol. The highest BCUT2D eigenvalue weighted by atomic mass is 32.1. The Morgan fingerprint density at radius 2 is 2.62 bits per heavy atom. The van der Waals surface area contributed by atoms with Crippen molar-refractivity contribution in [1.29, 1.82) is 0 Å². The maximum absolute atomic E-state index is 5.18. The summed E-state index contributed by atoms with van der Waals surface area (Å²) in [5, 5.41) is 3.84. The second-order valence-electron chi connectivity index (χ2n) is 3.32. The van der Waals surface area contributed by atoms with Crippen molar-refractivity contribution in [2.24, 2.45) is 5.92 Å². The van der Waals surface area contributed by atoms with E-state index in [1.807, 2.05) is 7.05 Å². The second-order valence-corrected chi connectivity index (χ2v) is 3.71. The highest BCUT2D eigenvalue weighted by Crippen LogP contribution is 2.18. The van der Waals surface area contributed by atoms with E-state index >= 15 is 0 Å². The van der Waals surface area contributed by atoms with E-state index in [9.17, 15) is 0 Å². The largest absolute Gasteiger partial charge is 0.366 e. The number of hydrazine groups is 1. The Morgan fingerprint density at radius 1 is 1.77 bits per heavy atom. The first-order valence-corrected chi connectivity index (χ1v) is 4.87. The van der Waals surface area contributed by atoms with E-state index in [2.05, 4.69) is 27.1 Å². The normalized spacial score (nSPS) is 26.1. The molecular formula is C8H14N4S. The summed E-state index contributed by atoms with van der Waals surface area (Å²) >= 11 is 5.18. The molecule has 0 saturated carbocycles. The molecule has 4 nitrogen and oxygen atoms in total. The smallest absolute Gasteiger partial charge is 0.168 e. The first-order chi connectivity index (χ1) is 6.31. The van der Waals surface area contributed by atoms with Gasteiger partial charge in [0.1, 0.15) is 0 Å². The highest BCUT2D eigenvalue weighted by molar-refractivity contribution is 7.80. The van der Waals surface area contributed by atoms with Crippen LogP contribution < -0.4 is 16.2 Å². The average Bonchev–Trinajstić information content (AvgIpc) is 2.63. The third-order valence-corrected chi connectivity index (χ3v) is 2.96. The number of rotatable bonds is 0. The molecule has 0 radical (unpaired) electrons. The van der Waals surface area contributed by atoms with Gasteiger partial charge in [-0.2, -0.15) is 0 Å². The molecule has 0 bridgehead atoms. The Hall–Kier alpha value is -0.810. The van der Waals surface area contributed by atoms with Gasteiger partial charge in [-0.1, -0.05) is 0 Å². The van der Waals surface area contributed by atoms with Gasteiger partial charge in [0, 0.05) is 38.3 Å². The highest BCUT2D eigenvalue weighted by Gasteiger charge is 2.27. The Morgan fingerprint density at radius 3 is 3.38 bits per heavy atom. The molecule has 0 aliphatic carbocycles. The standard InChI is InChI=1S/C8H14N4S/c1-9-8(13)12-3-2-7-6(5-12)4-10-11-7/h2,6,10-11H,3-5H2,1H3,(H,9,13). The van der Waals surface area contributed by atoms with Crippen molar-refractivity contribution < 1.29 is 0 Å². The van der Waals surface area contributed by atoms with E-state index in [1.165, 1.54) is 5.70 Å². The maximum atomic E-state index is 5.18. The lowest BCUT2D eigenvalue weighted by Crippen LogP contribution is -2.43. The zero-order chi connectivity index (χ0) is 9.26. The number of nitrogens with zero attached hydrogens (tertiary/aromatic N) is 1. The number of fused-ring (bicyclic) bond motifs is 1. The summed E-state index contributed by atoms with van der Waals surface area (Å²) in [6.07, 6.45) is 2.19. The third-order valence-electron chi connectivity index (χ3n) is 2.49. The number of thiocarbonyl (C=S) groups is 1. The Bertz CT molecular complexity index is 251. The van der Waals surface area contributed by atoms with Crippen molar-refractivity contribution in [3.05, 3.63) is 11.8 Å². The van der Waals surface area contributed by atoms with Gasteiger partial charge in [-0.05, 0) is 18.3 Å². The third kappa shape index (κ3) is 1.62. The maximum Gasteiger partial charge on any atom is 0.168 e. The predicted octanol–water partition coefficient (Wildman–Crippen LogP) is -0.586. The molecule has 5 heteroatoms. The molecule has 1 fully saturated rings. The minimum Gasteiger partial charge on any atom is -0.366 e. The van der Waals surface area contributed by atoms with Gasteiger partial charge in [0.2, 0.25) is 0 Å². The Labute approximate surface area is 83.3 Å². The van der Waals surface area contributed by atoms with Crippen LogP contribution in [0.15, 0.2) is 11.8 Å². The van der Waals surface area contributed by atoms with Gasteiger partial charge in [-0.3, -0.25) is 0 Å². The van der Waals surface area contributed by atoms with Crippen molar-refractivity contribution in [3.8, 4) is 0 Å². The van der Waals surface area contributed by atoms with E-state index in [0.717, 1.165) is 24.7 Å². The summed E-state index contributed by atoms with van der Waals surface area (Å²) in [6, 6.07) is 0. The molecule has 3 N–H and O–H groups in total. The van der Waals surface area contributed by atoms with Crippen molar-refractivity contribution in [2.45, 2.75) is 0 Å². The first kappa shape index (κ1) is 8.77. The van der Waals surface area contributed by atoms with Gasteiger partial charge in [-0.25, -0.2) is 5.43 Å². The summed E-state index contributed by atoms with van der Waals surface area (Å²) in [5.74, 6) is 0.569. The minimum absolute atomic E-state index is 0.569. The quantitative estimate of drug-likeness (QED) is 0.454. The molecule has 13 heavy (non-hydrogen) atoms. The number of hydrogen-bond acceptors (Lipinski definition) is 3. The van der Waals surface area contributed by atoms with Crippen LogP contribution in [0.4, 0.5) is 0 Å². The molecule has 0 aromatic rings. The van der Waals surface area contributed by atoms with Crippen LogP contribution in [0.5, 0.6) is 0 Å². The minimum atomic E-state index is 0.569. The first-order valence-electron chi connectivity index (χ1n) is 4.47. The van der Waals surface area contributed by atoms with Gasteiger partial charge in [0.25, 0.3) is 0 Å². The van der Waals surface area contributed by atoms with Gasteiger partial charge < -0.3 is 15.6 Å².